The van der Waals surface area contributed by atoms with E-state index in [1.54, 1.807) is 0 Å². The first-order valence-electron chi connectivity index (χ1n) is 6.35. The number of rotatable bonds is 3. The lowest BCUT2D eigenvalue weighted by atomic mass is 9.99. The van der Waals surface area contributed by atoms with E-state index in [4.69, 9.17) is 0 Å². The summed E-state index contributed by atoms with van der Waals surface area (Å²) in [6.07, 6.45) is 6.34. The summed E-state index contributed by atoms with van der Waals surface area (Å²) in [7, 11) is 0. The third-order valence-electron chi connectivity index (χ3n) is 3.54. The van der Waals surface area contributed by atoms with Crippen molar-refractivity contribution in [2.75, 3.05) is 0 Å². The van der Waals surface area contributed by atoms with Gasteiger partial charge in [0, 0.05) is 0 Å². The molecular weight excluding hydrogens is 216 g/mol. The Labute approximate surface area is 108 Å². The third kappa shape index (κ3) is 2.02. The Hall–Kier alpha value is -2.08. The lowest BCUT2D eigenvalue weighted by Gasteiger charge is -2.06. The van der Waals surface area contributed by atoms with Crippen molar-refractivity contribution in [2.45, 2.75) is 12.8 Å². The number of allylic oxidation sites excluding steroid dienone is 2. The van der Waals surface area contributed by atoms with Crippen LogP contribution in [0.4, 0.5) is 0 Å². The second kappa shape index (κ2) is 4.66. The molecule has 0 spiro atoms. The summed E-state index contributed by atoms with van der Waals surface area (Å²) in [5, 5.41) is 0. The van der Waals surface area contributed by atoms with Crippen LogP contribution in [0.3, 0.4) is 0 Å². The summed E-state index contributed by atoms with van der Waals surface area (Å²) in [6, 6.07) is 17.3. The van der Waals surface area contributed by atoms with E-state index in [0.717, 1.165) is 12.8 Å². The highest BCUT2D eigenvalue weighted by atomic mass is 14.2. The quantitative estimate of drug-likeness (QED) is 0.730. The molecule has 18 heavy (non-hydrogen) atoms. The van der Waals surface area contributed by atoms with Crippen LogP contribution in [0.2, 0.25) is 0 Å². The molecule has 0 heteroatoms. The van der Waals surface area contributed by atoms with E-state index in [0.29, 0.717) is 0 Å². The van der Waals surface area contributed by atoms with Crippen molar-refractivity contribution in [2.24, 2.45) is 0 Å². The molecule has 0 aliphatic heterocycles. The molecule has 3 rings (SSSR count). The predicted molar refractivity (Wildman–Crippen MR) is 78.4 cm³/mol. The fourth-order valence-corrected chi connectivity index (χ4v) is 2.51. The largest absolute Gasteiger partial charge is 0.0985 e. The lowest BCUT2D eigenvalue weighted by Crippen LogP contribution is -1.89. The van der Waals surface area contributed by atoms with Gasteiger partial charge in [-0.15, -0.1) is 0 Å². The lowest BCUT2D eigenvalue weighted by molar-refractivity contribution is 1.29. The van der Waals surface area contributed by atoms with E-state index in [-0.39, 0.29) is 0 Å². The Morgan fingerprint density at radius 2 is 1.78 bits per heavy atom. The van der Waals surface area contributed by atoms with Crippen molar-refractivity contribution in [1.29, 1.82) is 0 Å². The highest BCUT2D eigenvalue weighted by Gasteiger charge is 2.12. The third-order valence-corrected chi connectivity index (χ3v) is 3.54. The van der Waals surface area contributed by atoms with Crippen LogP contribution in [0.5, 0.6) is 0 Å². The summed E-state index contributed by atoms with van der Waals surface area (Å²) >= 11 is 0. The molecule has 0 nitrogen and oxygen atoms in total. The van der Waals surface area contributed by atoms with Gasteiger partial charge in [0.2, 0.25) is 0 Å². The van der Waals surface area contributed by atoms with Crippen LogP contribution >= 0.6 is 0 Å². The molecule has 0 aromatic heterocycles. The normalized spacial score (nSPS) is 13.0. The maximum atomic E-state index is 3.78. The van der Waals surface area contributed by atoms with Crippen LogP contribution in [-0.2, 0) is 12.8 Å². The summed E-state index contributed by atoms with van der Waals surface area (Å²) in [5.74, 6) is 0. The molecular formula is C18H16. The van der Waals surface area contributed by atoms with Crippen LogP contribution in [-0.4, -0.2) is 0 Å². The van der Waals surface area contributed by atoms with E-state index in [1.807, 2.05) is 6.08 Å². The predicted octanol–water partition coefficient (Wildman–Crippen LogP) is 4.51. The maximum absolute atomic E-state index is 3.78. The molecule has 0 saturated carbocycles. The highest BCUT2D eigenvalue weighted by Crippen LogP contribution is 2.29. The van der Waals surface area contributed by atoms with Crippen LogP contribution < -0.4 is 0 Å². The van der Waals surface area contributed by atoms with Gasteiger partial charge in [-0.2, -0.15) is 0 Å². The zero-order chi connectivity index (χ0) is 12.4. The zero-order valence-corrected chi connectivity index (χ0v) is 10.4. The van der Waals surface area contributed by atoms with E-state index >= 15 is 0 Å². The molecule has 0 bridgehead atoms. The standard InChI is InChI=1S/C18H16/c1-2-14-7-9-15(10-8-14)13-17-12-11-16-5-3-4-6-18(16)17/h2-10,12H,1,11,13H2. The molecule has 0 atom stereocenters. The zero-order valence-electron chi connectivity index (χ0n) is 10.4. The average molecular weight is 232 g/mol. The van der Waals surface area contributed by atoms with Crippen LogP contribution in [0, 0.1) is 0 Å². The van der Waals surface area contributed by atoms with Crippen molar-refractivity contribution < 1.29 is 0 Å². The van der Waals surface area contributed by atoms with Crippen LogP contribution in [0.15, 0.2) is 61.2 Å². The Balaban J connectivity index is 1.83. The molecule has 0 fully saturated rings. The molecule has 0 N–H and O–H groups in total. The molecule has 2 aromatic rings. The average Bonchev–Trinajstić information content (AvgIpc) is 2.83. The Morgan fingerprint density at radius 3 is 2.56 bits per heavy atom. The van der Waals surface area contributed by atoms with Gasteiger partial charge in [-0.05, 0) is 40.7 Å². The molecule has 1 aliphatic carbocycles. The first-order valence-corrected chi connectivity index (χ1v) is 6.35. The van der Waals surface area contributed by atoms with Crippen molar-refractivity contribution in [3.63, 3.8) is 0 Å². The highest BCUT2D eigenvalue weighted by molar-refractivity contribution is 5.74. The first kappa shape index (κ1) is 11.0. The van der Waals surface area contributed by atoms with Gasteiger partial charge >= 0.3 is 0 Å². The monoisotopic (exact) mass is 232 g/mol. The molecule has 0 heterocycles. The van der Waals surface area contributed by atoms with Crippen molar-refractivity contribution in [1.82, 2.24) is 0 Å². The summed E-state index contributed by atoms with van der Waals surface area (Å²) < 4.78 is 0. The Bertz CT molecular complexity index is 600. The summed E-state index contributed by atoms with van der Waals surface area (Å²) in [5.41, 5.74) is 6.88. The van der Waals surface area contributed by atoms with E-state index in [9.17, 15) is 0 Å². The van der Waals surface area contributed by atoms with Crippen LogP contribution in [0.1, 0.15) is 22.3 Å². The van der Waals surface area contributed by atoms with Gasteiger partial charge in [-0.1, -0.05) is 67.3 Å². The van der Waals surface area contributed by atoms with Crippen molar-refractivity contribution >= 4 is 11.6 Å². The fraction of sp³-hybridized carbons (Fsp3) is 0.111. The van der Waals surface area contributed by atoms with Gasteiger partial charge in [-0.3, -0.25) is 0 Å². The van der Waals surface area contributed by atoms with E-state index in [2.05, 4.69) is 61.2 Å². The molecule has 0 amide bonds. The summed E-state index contributed by atoms with van der Waals surface area (Å²) in [4.78, 5) is 0. The SMILES string of the molecule is C=Cc1ccc(CC2=CCc3ccccc32)cc1. The molecule has 0 unspecified atom stereocenters. The first-order chi connectivity index (χ1) is 8.86. The topological polar surface area (TPSA) is 0 Å². The van der Waals surface area contributed by atoms with Gasteiger partial charge in [-0.25, -0.2) is 0 Å². The Morgan fingerprint density at radius 1 is 1.00 bits per heavy atom. The minimum absolute atomic E-state index is 1.02. The van der Waals surface area contributed by atoms with Crippen molar-refractivity contribution in [3.8, 4) is 0 Å². The van der Waals surface area contributed by atoms with Gasteiger partial charge in [0.25, 0.3) is 0 Å². The second-order valence-corrected chi connectivity index (χ2v) is 4.71. The molecule has 0 radical (unpaired) electrons. The number of hydrogen-bond donors (Lipinski definition) is 0. The molecule has 88 valence electrons. The molecule has 1 aliphatic rings. The maximum Gasteiger partial charge on any atom is -0.00228 e. The Kier molecular flexibility index (Phi) is 2.85. The van der Waals surface area contributed by atoms with Crippen molar-refractivity contribution in [3.05, 3.63) is 83.4 Å². The van der Waals surface area contributed by atoms with Gasteiger partial charge in [0.15, 0.2) is 0 Å². The van der Waals surface area contributed by atoms with Gasteiger partial charge in [0.1, 0.15) is 0 Å². The fourth-order valence-electron chi connectivity index (χ4n) is 2.51. The minimum atomic E-state index is 1.02. The number of hydrogen-bond acceptors (Lipinski definition) is 0. The molecule has 0 saturated heterocycles. The summed E-state index contributed by atoms with van der Waals surface area (Å²) in [6.45, 7) is 3.78. The minimum Gasteiger partial charge on any atom is -0.0985 e. The van der Waals surface area contributed by atoms with Crippen LogP contribution in [0.25, 0.3) is 11.6 Å². The second-order valence-electron chi connectivity index (χ2n) is 4.71. The number of benzene rings is 2. The number of fused-ring (bicyclic) bond motifs is 1. The van der Waals surface area contributed by atoms with Gasteiger partial charge < -0.3 is 0 Å². The smallest absolute Gasteiger partial charge is 0.00228 e. The van der Waals surface area contributed by atoms with E-state index in [1.165, 1.54) is 27.8 Å². The molecule has 2 aromatic carbocycles. The van der Waals surface area contributed by atoms with Gasteiger partial charge in [0.05, 0.1) is 0 Å². The van der Waals surface area contributed by atoms with E-state index < -0.39 is 0 Å².